The van der Waals surface area contributed by atoms with E-state index in [1.807, 2.05) is 29.8 Å². The smallest absolute Gasteiger partial charge is 0.271 e. The molecule has 0 fully saturated rings. The second kappa shape index (κ2) is 5.34. The highest BCUT2D eigenvalue weighted by atomic mass is 32.2. The van der Waals surface area contributed by atoms with Gasteiger partial charge < -0.3 is 4.57 Å². The van der Waals surface area contributed by atoms with Crippen LogP contribution in [-0.4, -0.2) is 18.0 Å². The maximum absolute atomic E-state index is 12.1. The van der Waals surface area contributed by atoms with E-state index in [-0.39, 0.29) is 0 Å². The molecule has 0 aliphatic heterocycles. The van der Waals surface area contributed by atoms with Gasteiger partial charge in [0.15, 0.2) is 0 Å². The van der Waals surface area contributed by atoms with E-state index in [0.717, 1.165) is 11.5 Å². The summed E-state index contributed by atoms with van der Waals surface area (Å²) in [5.74, 6) is 0.877. The van der Waals surface area contributed by atoms with Crippen LogP contribution >= 0.6 is 11.3 Å². The first-order valence-electron chi connectivity index (χ1n) is 6.23. The molecule has 2 heterocycles. The van der Waals surface area contributed by atoms with Crippen molar-refractivity contribution in [2.45, 2.75) is 11.1 Å². The van der Waals surface area contributed by atoms with Crippen molar-refractivity contribution in [3.05, 3.63) is 60.0 Å². The Hall–Kier alpha value is -2.12. The number of anilines is 1. The number of hydrogen-bond acceptors (Lipinski definition) is 4. The summed E-state index contributed by atoms with van der Waals surface area (Å²) in [6.45, 7) is 1.91. The Morgan fingerprint density at radius 1 is 1.19 bits per heavy atom. The van der Waals surface area contributed by atoms with Crippen molar-refractivity contribution in [2.24, 2.45) is 0 Å². The van der Waals surface area contributed by atoms with Gasteiger partial charge in [-0.1, -0.05) is 6.07 Å². The predicted octanol–water partition coefficient (Wildman–Crippen LogP) is 3.04. The van der Waals surface area contributed by atoms with Gasteiger partial charge in [0, 0.05) is 23.8 Å². The van der Waals surface area contributed by atoms with E-state index in [4.69, 9.17) is 0 Å². The van der Waals surface area contributed by atoms with Gasteiger partial charge in [-0.3, -0.25) is 4.72 Å². The van der Waals surface area contributed by atoms with Crippen LogP contribution in [0.5, 0.6) is 0 Å². The second-order valence-corrected chi connectivity index (χ2v) is 7.29. The van der Waals surface area contributed by atoms with Gasteiger partial charge in [0.2, 0.25) is 0 Å². The van der Waals surface area contributed by atoms with E-state index < -0.39 is 10.0 Å². The fourth-order valence-electron chi connectivity index (χ4n) is 1.96. The highest BCUT2D eigenvalue weighted by Gasteiger charge is 2.14. The van der Waals surface area contributed by atoms with Crippen molar-refractivity contribution >= 4 is 27.0 Å². The van der Waals surface area contributed by atoms with Crippen molar-refractivity contribution in [3.8, 4) is 5.69 Å². The summed E-state index contributed by atoms with van der Waals surface area (Å²) in [5.41, 5.74) is 1.47. The largest absolute Gasteiger partial charge is 0.304 e. The molecule has 0 bridgehead atoms. The lowest BCUT2D eigenvalue weighted by atomic mass is 10.3. The summed E-state index contributed by atoms with van der Waals surface area (Å²) >= 11 is 1.19. The topological polar surface area (TPSA) is 64.0 Å². The number of nitrogens with zero attached hydrogens (tertiary/aromatic N) is 2. The predicted molar refractivity (Wildman–Crippen MR) is 83.4 cm³/mol. The highest BCUT2D eigenvalue weighted by Crippen LogP contribution is 2.21. The number of sulfonamides is 1. The summed E-state index contributed by atoms with van der Waals surface area (Å²) in [6, 6.07) is 10.5. The van der Waals surface area contributed by atoms with Gasteiger partial charge in [-0.2, -0.15) is 0 Å². The lowest BCUT2D eigenvalue weighted by Gasteiger charge is -2.08. The number of thiophene rings is 1. The van der Waals surface area contributed by atoms with Crippen LogP contribution < -0.4 is 4.72 Å². The first kappa shape index (κ1) is 13.8. The molecule has 3 aromatic rings. The molecule has 108 valence electrons. The molecule has 0 unspecified atom stereocenters. The molecule has 0 aliphatic rings. The van der Waals surface area contributed by atoms with Crippen LogP contribution in [0, 0.1) is 6.92 Å². The van der Waals surface area contributed by atoms with Crippen molar-refractivity contribution in [1.82, 2.24) is 9.55 Å². The molecule has 0 radical (unpaired) electrons. The van der Waals surface area contributed by atoms with Gasteiger partial charge in [-0.25, -0.2) is 13.4 Å². The van der Waals surface area contributed by atoms with Gasteiger partial charge in [0.25, 0.3) is 10.0 Å². The van der Waals surface area contributed by atoms with Crippen molar-refractivity contribution in [3.63, 3.8) is 0 Å². The molecule has 7 heteroatoms. The molecule has 2 aromatic heterocycles. The van der Waals surface area contributed by atoms with Crippen LogP contribution in [0.15, 0.2) is 58.4 Å². The Kier molecular flexibility index (Phi) is 3.52. The number of aryl methyl sites for hydroxylation is 1. The Labute approximate surface area is 127 Å². The SMILES string of the molecule is Cc1nccn1-c1ccc(NS(=O)(=O)c2cccs2)cc1. The van der Waals surface area contributed by atoms with Gasteiger partial charge >= 0.3 is 0 Å². The number of aromatic nitrogens is 2. The number of hydrogen-bond donors (Lipinski definition) is 1. The minimum absolute atomic E-state index is 0.303. The highest BCUT2D eigenvalue weighted by molar-refractivity contribution is 7.94. The molecule has 0 spiro atoms. The molecule has 3 rings (SSSR count). The molecule has 0 atom stereocenters. The van der Waals surface area contributed by atoms with Crippen LogP contribution in [0.4, 0.5) is 5.69 Å². The average Bonchev–Trinajstić information content (AvgIpc) is 3.10. The molecular formula is C14H13N3O2S2. The van der Waals surface area contributed by atoms with Crippen molar-refractivity contribution in [1.29, 1.82) is 0 Å². The van der Waals surface area contributed by atoms with Gasteiger partial charge in [0.05, 0.1) is 0 Å². The fraction of sp³-hybridized carbons (Fsp3) is 0.0714. The summed E-state index contributed by atoms with van der Waals surface area (Å²) in [4.78, 5) is 4.16. The summed E-state index contributed by atoms with van der Waals surface area (Å²) < 4.78 is 29.0. The minimum atomic E-state index is -3.50. The maximum Gasteiger partial charge on any atom is 0.271 e. The third kappa shape index (κ3) is 2.84. The summed E-state index contributed by atoms with van der Waals surface area (Å²) in [5, 5.41) is 1.74. The Bertz CT molecular complexity index is 835. The minimum Gasteiger partial charge on any atom is -0.304 e. The number of nitrogens with one attached hydrogen (secondary N) is 1. The van der Waals surface area contributed by atoms with Gasteiger partial charge in [0.1, 0.15) is 10.0 Å². The van der Waals surface area contributed by atoms with E-state index in [2.05, 4.69) is 9.71 Å². The van der Waals surface area contributed by atoms with Gasteiger partial charge in [-0.15, -0.1) is 11.3 Å². The lowest BCUT2D eigenvalue weighted by Crippen LogP contribution is -2.11. The maximum atomic E-state index is 12.1. The van der Waals surface area contributed by atoms with Crippen LogP contribution in [0.2, 0.25) is 0 Å². The number of rotatable bonds is 4. The zero-order chi connectivity index (χ0) is 14.9. The molecule has 1 N–H and O–H groups in total. The normalized spacial score (nSPS) is 11.5. The number of benzene rings is 1. The monoisotopic (exact) mass is 319 g/mol. The van der Waals surface area contributed by atoms with Crippen molar-refractivity contribution in [2.75, 3.05) is 4.72 Å². The number of imidazole rings is 1. The Morgan fingerprint density at radius 3 is 2.52 bits per heavy atom. The standard InChI is InChI=1S/C14H13N3O2S2/c1-11-15-8-9-17(11)13-6-4-12(5-7-13)16-21(18,19)14-3-2-10-20-14/h2-10,16H,1H3. The molecule has 0 saturated carbocycles. The first-order chi connectivity index (χ1) is 10.1. The quantitative estimate of drug-likeness (QED) is 0.804. The van der Waals surface area contributed by atoms with Crippen LogP contribution in [0.25, 0.3) is 5.69 Å². The fourth-order valence-corrected chi connectivity index (χ4v) is 4.01. The molecule has 0 aliphatic carbocycles. The average molecular weight is 319 g/mol. The molecule has 21 heavy (non-hydrogen) atoms. The Balaban J connectivity index is 1.84. The zero-order valence-electron chi connectivity index (χ0n) is 11.2. The van der Waals surface area contributed by atoms with E-state index in [1.165, 1.54) is 11.3 Å². The summed E-state index contributed by atoms with van der Waals surface area (Å²) in [6.07, 6.45) is 3.59. The molecule has 0 amide bonds. The molecular weight excluding hydrogens is 306 g/mol. The van der Waals surface area contributed by atoms with Crippen LogP contribution in [-0.2, 0) is 10.0 Å². The lowest BCUT2D eigenvalue weighted by molar-refractivity contribution is 0.603. The third-order valence-electron chi connectivity index (χ3n) is 2.98. The first-order valence-corrected chi connectivity index (χ1v) is 8.59. The van der Waals surface area contributed by atoms with Crippen LogP contribution in [0.1, 0.15) is 5.82 Å². The van der Waals surface area contributed by atoms with E-state index in [0.29, 0.717) is 9.90 Å². The van der Waals surface area contributed by atoms with Crippen LogP contribution in [0.3, 0.4) is 0 Å². The van der Waals surface area contributed by atoms with E-state index in [9.17, 15) is 8.42 Å². The Morgan fingerprint density at radius 2 is 1.95 bits per heavy atom. The molecule has 5 nitrogen and oxygen atoms in total. The molecule has 0 saturated heterocycles. The third-order valence-corrected chi connectivity index (χ3v) is 5.76. The van der Waals surface area contributed by atoms with E-state index in [1.54, 1.807) is 35.8 Å². The summed E-state index contributed by atoms with van der Waals surface area (Å²) in [7, 11) is -3.50. The second-order valence-electron chi connectivity index (χ2n) is 4.43. The zero-order valence-corrected chi connectivity index (χ0v) is 12.9. The molecule has 1 aromatic carbocycles. The van der Waals surface area contributed by atoms with E-state index >= 15 is 0 Å². The van der Waals surface area contributed by atoms with Crippen molar-refractivity contribution < 1.29 is 8.42 Å². The van der Waals surface area contributed by atoms with Gasteiger partial charge in [-0.05, 0) is 42.6 Å².